The van der Waals surface area contributed by atoms with Crippen LogP contribution in [0.2, 0.25) is 0 Å². The van der Waals surface area contributed by atoms with Gasteiger partial charge in [0, 0.05) is 42.7 Å². The van der Waals surface area contributed by atoms with Crippen LogP contribution < -0.4 is 4.84 Å². The summed E-state index contributed by atoms with van der Waals surface area (Å²) in [5.41, 5.74) is 2.21. The molecule has 1 fully saturated rings. The van der Waals surface area contributed by atoms with Gasteiger partial charge in [-0.25, -0.2) is 22.2 Å². The van der Waals surface area contributed by atoms with Crippen LogP contribution in [0, 0.1) is 0 Å². The molecule has 10 nitrogen and oxygen atoms in total. The van der Waals surface area contributed by atoms with Gasteiger partial charge in [0.2, 0.25) is 10.0 Å². The van der Waals surface area contributed by atoms with Gasteiger partial charge in [0.1, 0.15) is 6.33 Å². The number of sulfonamides is 1. The predicted molar refractivity (Wildman–Crippen MR) is 96.2 cm³/mol. The molecule has 3 aromatic heterocycles. The molecular formula is C14H17ClN8O2S. The van der Waals surface area contributed by atoms with Gasteiger partial charge in [-0.05, 0) is 12.8 Å². The van der Waals surface area contributed by atoms with Crippen molar-refractivity contribution in [2.75, 3.05) is 24.2 Å². The molecule has 12 heteroatoms. The van der Waals surface area contributed by atoms with Crippen LogP contribution in [-0.2, 0) is 10.0 Å². The van der Waals surface area contributed by atoms with E-state index in [1.54, 1.807) is 18.6 Å². The minimum absolute atomic E-state index is 0.172. The summed E-state index contributed by atoms with van der Waals surface area (Å²) in [7, 11) is -3.13. The number of anilines is 1. The highest BCUT2D eigenvalue weighted by atomic mass is 35.5. The van der Waals surface area contributed by atoms with Crippen LogP contribution in [0.5, 0.6) is 0 Å². The monoisotopic (exact) mass is 396 g/mol. The summed E-state index contributed by atoms with van der Waals surface area (Å²) in [6, 6.07) is 1.98. The molecule has 0 aromatic carbocycles. The molecule has 0 radical (unpaired) electrons. The number of aromatic nitrogens is 6. The molecular weight excluding hydrogens is 380 g/mol. The molecule has 1 saturated heterocycles. The number of nitrogens with one attached hydrogen (secondary N) is 1. The molecule has 0 saturated carbocycles. The van der Waals surface area contributed by atoms with Crippen LogP contribution in [0.15, 0.2) is 24.8 Å². The van der Waals surface area contributed by atoms with E-state index in [0.29, 0.717) is 24.7 Å². The van der Waals surface area contributed by atoms with Gasteiger partial charge < -0.3 is 0 Å². The molecule has 138 valence electrons. The number of piperidine rings is 1. The molecule has 0 amide bonds. The summed E-state index contributed by atoms with van der Waals surface area (Å²) in [4.78, 5) is 11.0. The molecule has 0 spiro atoms. The van der Waals surface area contributed by atoms with Crippen LogP contribution in [0.25, 0.3) is 16.9 Å². The normalized spacial score (nSPS) is 17.0. The molecule has 1 N–H and O–H groups in total. The largest absolute Gasteiger partial charge is 0.269 e. The van der Waals surface area contributed by atoms with E-state index in [4.69, 9.17) is 11.8 Å². The topological polar surface area (TPSA) is 110 Å². The minimum atomic E-state index is -3.13. The number of hydrogen-bond donors (Lipinski definition) is 1. The van der Waals surface area contributed by atoms with Crippen LogP contribution in [-0.4, -0.2) is 61.4 Å². The van der Waals surface area contributed by atoms with E-state index in [0.717, 1.165) is 24.1 Å². The maximum atomic E-state index is 11.6. The zero-order valence-corrected chi connectivity index (χ0v) is 15.5. The maximum absolute atomic E-state index is 11.6. The molecule has 26 heavy (non-hydrogen) atoms. The predicted octanol–water partition coefficient (Wildman–Crippen LogP) is 1.15. The standard InChI is InChI=1S/C14H17ClN8O2S/c1-26(24,25)21-4-2-11(3-5-21)22-8-10(7-17-22)12-6-13-18-14(19-15)20-23(13)9-16-12/h6-9,11H,2-5H2,1H3,(H,19,20). The van der Waals surface area contributed by atoms with E-state index in [1.807, 2.05) is 10.9 Å². The first-order chi connectivity index (χ1) is 12.4. The maximum Gasteiger partial charge on any atom is 0.257 e. The third-order valence-corrected chi connectivity index (χ3v) is 5.95. The lowest BCUT2D eigenvalue weighted by Gasteiger charge is -2.30. The third kappa shape index (κ3) is 3.24. The highest BCUT2D eigenvalue weighted by molar-refractivity contribution is 7.88. The zero-order valence-electron chi connectivity index (χ0n) is 13.9. The van der Waals surface area contributed by atoms with Crippen LogP contribution >= 0.6 is 11.8 Å². The van der Waals surface area contributed by atoms with Gasteiger partial charge in [0.25, 0.3) is 5.95 Å². The van der Waals surface area contributed by atoms with Crippen molar-refractivity contribution < 1.29 is 8.42 Å². The lowest BCUT2D eigenvalue weighted by Crippen LogP contribution is -2.38. The molecule has 1 aliphatic rings. The molecule has 4 heterocycles. The van der Waals surface area contributed by atoms with E-state index < -0.39 is 10.0 Å². The quantitative estimate of drug-likeness (QED) is 0.658. The SMILES string of the molecule is CS(=O)(=O)N1CCC(n2cc(-c3cc4nc(NCl)nn4cn3)cn2)CC1. The fraction of sp³-hybridized carbons (Fsp3) is 0.429. The first kappa shape index (κ1) is 17.2. The van der Waals surface area contributed by atoms with Gasteiger partial charge in [-0.15, -0.1) is 5.10 Å². The smallest absolute Gasteiger partial charge is 0.257 e. The van der Waals surface area contributed by atoms with Crippen molar-refractivity contribution in [2.45, 2.75) is 18.9 Å². The van der Waals surface area contributed by atoms with Crippen LogP contribution in [0.4, 0.5) is 5.95 Å². The van der Waals surface area contributed by atoms with E-state index in [1.165, 1.54) is 15.1 Å². The first-order valence-corrected chi connectivity index (χ1v) is 10.3. The Labute approximate surface area is 155 Å². The lowest BCUT2D eigenvalue weighted by molar-refractivity contribution is 0.262. The van der Waals surface area contributed by atoms with Gasteiger partial charge in [0.15, 0.2) is 5.65 Å². The number of fused-ring (bicyclic) bond motifs is 1. The average molecular weight is 397 g/mol. The van der Waals surface area contributed by atoms with Crippen molar-refractivity contribution in [3.05, 3.63) is 24.8 Å². The van der Waals surface area contributed by atoms with E-state index in [2.05, 4.69) is 25.0 Å². The molecule has 0 bridgehead atoms. The summed E-state index contributed by atoms with van der Waals surface area (Å²) in [5.74, 6) is 0.305. The highest BCUT2D eigenvalue weighted by Gasteiger charge is 2.26. The van der Waals surface area contributed by atoms with Crippen molar-refractivity contribution in [1.29, 1.82) is 0 Å². The van der Waals surface area contributed by atoms with Crippen LogP contribution in [0.1, 0.15) is 18.9 Å². The summed E-state index contributed by atoms with van der Waals surface area (Å²) < 4.78 is 28.2. The first-order valence-electron chi connectivity index (χ1n) is 8.03. The third-order valence-electron chi connectivity index (χ3n) is 4.48. The van der Waals surface area contributed by atoms with Crippen molar-refractivity contribution in [3.63, 3.8) is 0 Å². The average Bonchev–Trinajstić information content (AvgIpc) is 3.27. The van der Waals surface area contributed by atoms with Gasteiger partial charge in [-0.2, -0.15) is 10.1 Å². The van der Waals surface area contributed by atoms with Crippen LogP contribution in [0.3, 0.4) is 0 Å². The van der Waals surface area contributed by atoms with Crippen molar-refractivity contribution in [2.24, 2.45) is 0 Å². The Balaban J connectivity index is 1.53. The summed E-state index contributed by atoms with van der Waals surface area (Å²) in [6.45, 7) is 1.02. The van der Waals surface area contributed by atoms with Gasteiger partial charge >= 0.3 is 0 Å². The molecule has 4 rings (SSSR count). The van der Waals surface area contributed by atoms with Gasteiger partial charge in [-0.3, -0.25) is 9.52 Å². The molecule has 0 aliphatic carbocycles. The van der Waals surface area contributed by atoms with Crippen molar-refractivity contribution in [1.82, 2.24) is 33.7 Å². The molecule has 1 aliphatic heterocycles. The molecule has 0 atom stereocenters. The lowest BCUT2D eigenvalue weighted by atomic mass is 10.1. The summed E-state index contributed by atoms with van der Waals surface area (Å²) >= 11 is 5.52. The second-order valence-electron chi connectivity index (χ2n) is 6.21. The molecule has 0 unspecified atom stereocenters. The Morgan fingerprint density at radius 3 is 2.77 bits per heavy atom. The second-order valence-corrected chi connectivity index (χ2v) is 8.38. The number of rotatable bonds is 4. The Morgan fingerprint density at radius 2 is 2.08 bits per heavy atom. The van der Waals surface area contributed by atoms with Crippen molar-refractivity contribution >= 4 is 33.4 Å². The number of halogens is 1. The zero-order chi connectivity index (χ0) is 18.3. The minimum Gasteiger partial charge on any atom is -0.269 e. The second kappa shape index (κ2) is 6.49. The fourth-order valence-corrected chi connectivity index (χ4v) is 4.06. The van der Waals surface area contributed by atoms with E-state index in [9.17, 15) is 8.42 Å². The summed E-state index contributed by atoms with van der Waals surface area (Å²) in [5, 5.41) is 8.53. The Kier molecular flexibility index (Phi) is 4.29. The highest BCUT2D eigenvalue weighted by Crippen LogP contribution is 2.26. The van der Waals surface area contributed by atoms with Gasteiger partial charge in [-0.1, -0.05) is 0 Å². The summed E-state index contributed by atoms with van der Waals surface area (Å²) in [6.07, 6.45) is 7.95. The van der Waals surface area contributed by atoms with Crippen molar-refractivity contribution in [3.8, 4) is 11.3 Å². The van der Waals surface area contributed by atoms with E-state index >= 15 is 0 Å². The Morgan fingerprint density at radius 1 is 1.31 bits per heavy atom. The van der Waals surface area contributed by atoms with Gasteiger partial charge in [0.05, 0.1) is 24.2 Å². The Bertz CT molecular complexity index is 1040. The number of hydrogen-bond acceptors (Lipinski definition) is 7. The fourth-order valence-electron chi connectivity index (χ4n) is 3.10. The number of nitrogens with zero attached hydrogens (tertiary/aromatic N) is 7. The molecule has 3 aromatic rings. The van der Waals surface area contributed by atoms with E-state index in [-0.39, 0.29) is 6.04 Å². The Hall–Kier alpha value is -2.24.